The van der Waals surface area contributed by atoms with Crippen molar-refractivity contribution < 1.29 is 4.74 Å². The molecular formula is C15H18BrN3O. The first-order valence-electron chi connectivity index (χ1n) is 6.78. The lowest BCUT2D eigenvalue weighted by molar-refractivity contribution is -0.0725. The summed E-state index contributed by atoms with van der Waals surface area (Å²) < 4.78 is 6.05. The van der Waals surface area contributed by atoms with Crippen LogP contribution in [0.4, 0.5) is 5.82 Å². The van der Waals surface area contributed by atoms with E-state index in [-0.39, 0.29) is 11.7 Å². The summed E-state index contributed by atoms with van der Waals surface area (Å²) in [5.41, 5.74) is -0.185. The minimum absolute atomic E-state index is 0.166. The summed E-state index contributed by atoms with van der Waals surface area (Å²) in [5.74, 6) is 0.949. The van der Waals surface area contributed by atoms with Crippen molar-refractivity contribution in [3.05, 3.63) is 30.5 Å². The molecule has 0 amide bonds. The smallest absolute Gasteiger partial charge is 0.159 e. The number of hydrogen-bond donors (Lipinski definition) is 0. The van der Waals surface area contributed by atoms with E-state index in [4.69, 9.17) is 4.74 Å². The predicted molar refractivity (Wildman–Crippen MR) is 84.5 cm³/mol. The fraction of sp³-hybridized carbons (Fsp3) is 0.467. The second kappa shape index (κ2) is 5.30. The highest BCUT2D eigenvalue weighted by atomic mass is 79.9. The van der Waals surface area contributed by atoms with Crippen LogP contribution in [0.25, 0.3) is 10.8 Å². The molecule has 1 aromatic heterocycles. The zero-order valence-corrected chi connectivity index (χ0v) is 13.3. The predicted octanol–water partition coefficient (Wildman–Crippen LogP) is 3.01. The Hall–Kier alpha value is -1.20. The van der Waals surface area contributed by atoms with Crippen LogP contribution < -0.4 is 4.90 Å². The molecule has 1 aromatic carbocycles. The highest BCUT2D eigenvalue weighted by Crippen LogP contribution is 2.29. The summed E-state index contributed by atoms with van der Waals surface area (Å²) in [6.07, 6.45) is 1.98. The van der Waals surface area contributed by atoms with E-state index < -0.39 is 0 Å². The van der Waals surface area contributed by atoms with Crippen LogP contribution in [0.1, 0.15) is 13.8 Å². The molecule has 1 atom stereocenters. The molecule has 1 aliphatic heterocycles. The van der Waals surface area contributed by atoms with Gasteiger partial charge in [-0.1, -0.05) is 40.2 Å². The first-order valence-corrected chi connectivity index (χ1v) is 7.90. The number of hydrogen-bond acceptors (Lipinski definition) is 4. The van der Waals surface area contributed by atoms with E-state index in [1.54, 1.807) is 0 Å². The second-order valence-corrected chi connectivity index (χ2v) is 6.44. The summed E-state index contributed by atoms with van der Waals surface area (Å²) in [4.78, 5) is 2.28. The Kier molecular flexibility index (Phi) is 3.65. The van der Waals surface area contributed by atoms with Crippen molar-refractivity contribution in [3.63, 3.8) is 0 Å². The molecular weight excluding hydrogens is 318 g/mol. The van der Waals surface area contributed by atoms with Crippen molar-refractivity contribution in [1.82, 2.24) is 10.2 Å². The second-order valence-electron chi connectivity index (χ2n) is 5.79. The third kappa shape index (κ3) is 2.65. The van der Waals surface area contributed by atoms with Gasteiger partial charge in [-0.15, -0.1) is 5.10 Å². The largest absolute Gasteiger partial charge is 0.368 e. The average molecular weight is 336 g/mol. The summed E-state index contributed by atoms with van der Waals surface area (Å²) >= 11 is 3.52. The molecule has 0 saturated carbocycles. The van der Waals surface area contributed by atoms with Gasteiger partial charge in [0, 0.05) is 29.2 Å². The van der Waals surface area contributed by atoms with E-state index in [0.717, 1.165) is 35.0 Å². The van der Waals surface area contributed by atoms with Gasteiger partial charge in [0.15, 0.2) is 5.82 Å². The van der Waals surface area contributed by atoms with E-state index in [0.29, 0.717) is 0 Å². The number of ether oxygens (including phenoxy) is 1. The lowest BCUT2D eigenvalue weighted by Crippen LogP contribution is -2.53. The lowest BCUT2D eigenvalue weighted by atomic mass is 10.0. The van der Waals surface area contributed by atoms with E-state index in [2.05, 4.69) is 57.0 Å². The van der Waals surface area contributed by atoms with Crippen LogP contribution in [-0.4, -0.2) is 40.3 Å². The third-order valence-corrected chi connectivity index (χ3v) is 4.23. The molecule has 5 heteroatoms. The van der Waals surface area contributed by atoms with Crippen LogP contribution in [0.2, 0.25) is 0 Å². The number of benzene rings is 1. The molecule has 1 saturated heterocycles. The van der Waals surface area contributed by atoms with Gasteiger partial charge in [-0.25, -0.2) is 0 Å². The van der Waals surface area contributed by atoms with E-state index in [1.807, 2.05) is 18.3 Å². The number of aromatic nitrogens is 2. The Morgan fingerprint density at radius 1 is 1.40 bits per heavy atom. The number of halogens is 1. The number of rotatable bonds is 2. The molecule has 0 aliphatic carbocycles. The Morgan fingerprint density at radius 2 is 2.20 bits per heavy atom. The fourth-order valence-electron chi connectivity index (χ4n) is 2.78. The van der Waals surface area contributed by atoms with Gasteiger partial charge in [-0.2, -0.15) is 5.10 Å². The lowest BCUT2D eigenvalue weighted by Gasteiger charge is -2.43. The number of fused-ring (bicyclic) bond motifs is 1. The molecule has 0 radical (unpaired) electrons. The molecule has 0 bridgehead atoms. The van der Waals surface area contributed by atoms with Gasteiger partial charge in [0.1, 0.15) is 0 Å². The molecule has 4 nitrogen and oxygen atoms in total. The molecule has 20 heavy (non-hydrogen) atoms. The summed E-state index contributed by atoms with van der Waals surface area (Å²) in [7, 11) is 0. The highest BCUT2D eigenvalue weighted by Gasteiger charge is 2.34. The molecule has 0 spiro atoms. The van der Waals surface area contributed by atoms with Crippen molar-refractivity contribution >= 4 is 32.5 Å². The summed E-state index contributed by atoms with van der Waals surface area (Å²) in [6.45, 7) is 5.89. The van der Waals surface area contributed by atoms with Gasteiger partial charge >= 0.3 is 0 Å². The van der Waals surface area contributed by atoms with Crippen molar-refractivity contribution in [2.75, 3.05) is 23.3 Å². The van der Waals surface area contributed by atoms with Gasteiger partial charge in [-0.05, 0) is 13.8 Å². The van der Waals surface area contributed by atoms with Gasteiger partial charge in [-0.3, -0.25) is 0 Å². The SMILES string of the molecule is CC1(C)CN(c2nncc3ccccc23)CC(CBr)O1. The minimum atomic E-state index is -0.185. The normalized spacial score (nSPS) is 22.1. The number of alkyl halides is 1. The molecule has 2 heterocycles. The summed E-state index contributed by atoms with van der Waals surface area (Å²) in [6, 6.07) is 8.24. The van der Waals surface area contributed by atoms with E-state index in [9.17, 15) is 0 Å². The highest BCUT2D eigenvalue weighted by molar-refractivity contribution is 9.09. The van der Waals surface area contributed by atoms with Crippen LogP contribution in [0.3, 0.4) is 0 Å². The first-order chi connectivity index (χ1) is 9.59. The molecule has 2 aromatic rings. The fourth-order valence-corrected chi connectivity index (χ4v) is 3.12. The number of nitrogens with zero attached hydrogens (tertiary/aromatic N) is 3. The standard InChI is InChI=1S/C15H18BrN3O/c1-15(2)10-19(9-12(7-16)20-15)14-13-6-4-3-5-11(13)8-17-18-14/h3-6,8,12H,7,9-10H2,1-2H3. The zero-order chi connectivity index (χ0) is 14.2. The molecule has 3 rings (SSSR count). The van der Waals surface area contributed by atoms with Crippen molar-refractivity contribution in [2.24, 2.45) is 0 Å². The summed E-state index contributed by atoms with van der Waals surface area (Å²) in [5, 5.41) is 11.6. The van der Waals surface area contributed by atoms with Crippen molar-refractivity contribution in [2.45, 2.75) is 25.6 Å². The maximum Gasteiger partial charge on any atom is 0.159 e. The van der Waals surface area contributed by atoms with Crippen LogP contribution in [-0.2, 0) is 4.74 Å². The van der Waals surface area contributed by atoms with Crippen LogP contribution >= 0.6 is 15.9 Å². The topological polar surface area (TPSA) is 38.2 Å². The van der Waals surface area contributed by atoms with Crippen molar-refractivity contribution in [3.8, 4) is 0 Å². The molecule has 106 valence electrons. The molecule has 1 fully saturated rings. The van der Waals surface area contributed by atoms with E-state index in [1.165, 1.54) is 0 Å². The molecule has 1 unspecified atom stereocenters. The van der Waals surface area contributed by atoms with Crippen LogP contribution in [0, 0.1) is 0 Å². The van der Waals surface area contributed by atoms with Gasteiger partial charge in [0.05, 0.1) is 17.9 Å². The van der Waals surface area contributed by atoms with Gasteiger partial charge in [0.25, 0.3) is 0 Å². The quantitative estimate of drug-likeness (QED) is 0.791. The molecule has 1 aliphatic rings. The van der Waals surface area contributed by atoms with Crippen LogP contribution in [0.15, 0.2) is 30.5 Å². The maximum absolute atomic E-state index is 6.05. The first kappa shape index (κ1) is 13.8. The Bertz CT molecular complexity index is 612. The van der Waals surface area contributed by atoms with Gasteiger partial charge in [0.2, 0.25) is 0 Å². The third-order valence-electron chi connectivity index (χ3n) is 3.50. The van der Waals surface area contributed by atoms with Crippen molar-refractivity contribution in [1.29, 1.82) is 0 Å². The van der Waals surface area contributed by atoms with E-state index >= 15 is 0 Å². The average Bonchev–Trinajstić information content (AvgIpc) is 2.45. The monoisotopic (exact) mass is 335 g/mol. The minimum Gasteiger partial charge on any atom is -0.368 e. The zero-order valence-electron chi connectivity index (χ0n) is 11.7. The Balaban J connectivity index is 2.01. The molecule has 0 N–H and O–H groups in total. The maximum atomic E-state index is 6.05. The Morgan fingerprint density at radius 3 is 3.00 bits per heavy atom. The number of anilines is 1. The van der Waals surface area contributed by atoms with Crippen LogP contribution in [0.5, 0.6) is 0 Å². The van der Waals surface area contributed by atoms with Gasteiger partial charge < -0.3 is 9.64 Å². The number of morpholine rings is 1. The Labute approximate surface area is 127 Å².